The molecular weight excluding hydrogens is 180 g/mol. The first-order chi connectivity index (χ1) is 6.86. The number of aromatic nitrogens is 2. The van der Waals surface area contributed by atoms with Crippen molar-refractivity contribution < 1.29 is 9.36 Å². The van der Waals surface area contributed by atoms with Gasteiger partial charge in [0.05, 0.1) is 5.11 Å². The molecule has 1 amide bonds. The Bertz CT molecular complexity index is 576. The zero-order valence-corrected chi connectivity index (χ0v) is 7.08. The van der Waals surface area contributed by atoms with Crippen LogP contribution in [-0.4, -0.2) is 11.0 Å². The number of hydrogen-bond acceptors (Lipinski definition) is 3. The molecule has 0 spiro atoms. The van der Waals surface area contributed by atoms with Crippen LogP contribution >= 0.6 is 0 Å². The number of carbonyl (C=O) groups is 1. The molecule has 0 atom stereocenters. The third-order valence-corrected chi connectivity index (χ3v) is 2.10. The second kappa shape index (κ2) is 2.41. The molecule has 14 heavy (non-hydrogen) atoms. The molecule has 0 fully saturated rings. The van der Waals surface area contributed by atoms with E-state index in [0.29, 0.717) is 5.82 Å². The van der Waals surface area contributed by atoms with Crippen molar-refractivity contribution in [3.05, 3.63) is 30.5 Å². The highest BCUT2D eigenvalue weighted by Crippen LogP contribution is 2.15. The Morgan fingerprint density at radius 1 is 1.14 bits per heavy atom. The highest BCUT2D eigenvalue weighted by atomic mass is 16.2. The van der Waals surface area contributed by atoms with Crippen LogP contribution in [0.4, 0.5) is 10.6 Å². The van der Waals surface area contributed by atoms with Crippen LogP contribution in [0.1, 0.15) is 0 Å². The normalized spacial score (nSPS) is 13.6. The topological polar surface area (TPSA) is 58.6 Å². The highest BCUT2D eigenvalue weighted by Gasteiger charge is 2.29. The summed E-state index contributed by atoms with van der Waals surface area (Å²) >= 11 is 0. The van der Waals surface area contributed by atoms with E-state index in [4.69, 9.17) is 0 Å². The number of nitrogens with zero attached hydrogens (tertiary/aromatic N) is 4. The quantitative estimate of drug-likeness (QED) is 0.585. The van der Waals surface area contributed by atoms with Gasteiger partial charge in [0, 0.05) is 0 Å². The molecule has 0 radical (unpaired) electrons. The highest BCUT2D eigenvalue weighted by molar-refractivity contribution is 5.79. The zero-order chi connectivity index (χ0) is 9.54. The van der Waals surface area contributed by atoms with E-state index in [1.54, 1.807) is 0 Å². The fourth-order valence-electron chi connectivity index (χ4n) is 1.48. The molecule has 5 heteroatoms. The second-order valence-electron chi connectivity index (χ2n) is 2.92. The molecule has 1 aliphatic rings. The Hall–Kier alpha value is -2.17. The minimum Gasteiger partial charge on any atom is -0.246 e. The maximum atomic E-state index is 11.4. The summed E-state index contributed by atoms with van der Waals surface area (Å²) in [7, 11) is 0. The molecule has 1 aliphatic heterocycles. The van der Waals surface area contributed by atoms with Gasteiger partial charge in [-0.3, -0.25) is 0 Å². The number of hydrogen-bond donors (Lipinski definition) is 0. The molecule has 0 bridgehead atoms. The van der Waals surface area contributed by atoms with E-state index < -0.39 is 0 Å². The van der Waals surface area contributed by atoms with Crippen molar-refractivity contribution >= 4 is 22.9 Å². The Morgan fingerprint density at radius 2 is 2.00 bits per heavy atom. The molecule has 1 aromatic heterocycles. The van der Waals surface area contributed by atoms with E-state index in [2.05, 4.69) is 15.2 Å². The van der Waals surface area contributed by atoms with E-state index in [1.807, 2.05) is 24.3 Å². The van der Waals surface area contributed by atoms with Gasteiger partial charge in [0.15, 0.2) is 0 Å². The maximum Gasteiger partial charge on any atom is 0.518 e. The summed E-state index contributed by atoms with van der Waals surface area (Å²) in [5.74, 6) is 0.480. The predicted octanol–water partition coefficient (Wildman–Crippen LogP) is 1.59. The van der Waals surface area contributed by atoms with Crippen molar-refractivity contribution in [2.24, 2.45) is 10.2 Å². The van der Waals surface area contributed by atoms with Crippen molar-refractivity contribution in [1.29, 1.82) is 0 Å². The zero-order valence-electron chi connectivity index (χ0n) is 7.08. The second-order valence-corrected chi connectivity index (χ2v) is 2.92. The van der Waals surface area contributed by atoms with Crippen LogP contribution in [-0.2, 0) is 0 Å². The SMILES string of the molecule is O=C1N=Nc2cnc3ccccc3[n+]21. The van der Waals surface area contributed by atoms with Gasteiger partial charge in [0.25, 0.3) is 0 Å². The van der Waals surface area contributed by atoms with Crippen LogP contribution < -0.4 is 4.57 Å². The summed E-state index contributed by atoms with van der Waals surface area (Å²) in [4.78, 5) is 15.5. The summed E-state index contributed by atoms with van der Waals surface area (Å²) in [6, 6.07) is 7.02. The first-order valence-electron chi connectivity index (χ1n) is 4.12. The lowest BCUT2D eigenvalue weighted by atomic mass is 10.3. The number of benzene rings is 1. The van der Waals surface area contributed by atoms with Crippen molar-refractivity contribution in [2.45, 2.75) is 0 Å². The fraction of sp³-hybridized carbons (Fsp3) is 0. The third-order valence-electron chi connectivity index (χ3n) is 2.10. The van der Waals surface area contributed by atoms with Crippen molar-refractivity contribution in [2.75, 3.05) is 0 Å². The van der Waals surface area contributed by atoms with E-state index in [9.17, 15) is 4.79 Å². The van der Waals surface area contributed by atoms with Crippen LogP contribution in [0, 0.1) is 0 Å². The molecule has 2 aromatic rings. The van der Waals surface area contributed by atoms with Gasteiger partial charge in [-0.2, -0.15) is 0 Å². The number of para-hydroxylation sites is 2. The minimum absolute atomic E-state index is 0.362. The van der Waals surface area contributed by atoms with Crippen LogP contribution in [0.5, 0.6) is 0 Å². The summed E-state index contributed by atoms with van der Waals surface area (Å²) in [6.45, 7) is 0. The number of rotatable bonds is 0. The molecule has 3 rings (SSSR count). The van der Waals surface area contributed by atoms with Crippen LogP contribution in [0.3, 0.4) is 0 Å². The fourth-order valence-corrected chi connectivity index (χ4v) is 1.48. The lowest BCUT2D eigenvalue weighted by molar-refractivity contribution is -0.521. The Balaban J connectivity index is 2.50. The summed E-state index contributed by atoms with van der Waals surface area (Å²) < 4.78 is 1.45. The van der Waals surface area contributed by atoms with Gasteiger partial charge in [-0.25, -0.2) is 9.78 Å². The first kappa shape index (κ1) is 7.25. The Morgan fingerprint density at radius 3 is 2.93 bits per heavy atom. The van der Waals surface area contributed by atoms with Gasteiger partial charge >= 0.3 is 11.8 Å². The van der Waals surface area contributed by atoms with Crippen molar-refractivity contribution in [3.63, 3.8) is 0 Å². The largest absolute Gasteiger partial charge is 0.518 e. The first-order valence-corrected chi connectivity index (χ1v) is 4.12. The van der Waals surface area contributed by atoms with Gasteiger partial charge in [0.1, 0.15) is 22.3 Å². The molecule has 0 unspecified atom stereocenters. The van der Waals surface area contributed by atoms with Crippen molar-refractivity contribution in [1.82, 2.24) is 4.98 Å². The van der Waals surface area contributed by atoms with Crippen LogP contribution in [0.25, 0.3) is 11.0 Å². The molecule has 5 nitrogen and oxygen atoms in total. The molecule has 66 valence electrons. The van der Waals surface area contributed by atoms with E-state index in [-0.39, 0.29) is 6.03 Å². The summed E-state index contributed by atoms with van der Waals surface area (Å²) in [5, 5.41) is 7.17. The average molecular weight is 185 g/mol. The Kier molecular flexibility index (Phi) is 1.25. The standard InChI is InChI=1S/C9H5N4O/c14-9-12-11-8-5-10-6-3-1-2-4-7(6)13(8)9/h1-5H/q+1. The smallest absolute Gasteiger partial charge is 0.246 e. The van der Waals surface area contributed by atoms with Gasteiger partial charge < -0.3 is 0 Å². The molecule has 0 N–H and O–H groups in total. The monoisotopic (exact) mass is 185 g/mol. The third kappa shape index (κ3) is 0.806. The van der Waals surface area contributed by atoms with Gasteiger partial charge in [-0.15, -0.1) is 4.57 Å². The number of amides is 1. The van der Waals surface area contributed by atoms with Crippen LogP contribution in [0.2, 0.25) is 0 Å². The number of carbonyl (C=O) groups excluding carboxylic acids is 1. The van der Waals surface area contributed by atoms with Crippen molar-refractivity contribution in [3.8, 4) is 0 Å². The van der Waals surface area contributed by atoms with E-state index in [0.717, 1.165) is 11.0 Å². The van der Waals surface area contributed by atoms with E-state index in [1.165, 1.54) is 10.8 Å². The van der Waals surface area contributed by atoms with Gasteiger partial charge in [-0.05, 0) is 12.1 Å². The lowest BCUT2D eigenvalue weighted by Gasteiger charge is -1.96. The van der Waals surface area contributed by atoms with E-state index >= 15 is 0 Å². The molecular formula is C9H5N4O+. The molecule has 0 aliphatic carbocycles. The van der Waals surface area contributed by atoms with Gasteiger partial charge in [0.2, 0.25) is 0 Å². The minimum atomic E-state index is -0.362. The van der Waals surface area contributed by atoms with Crippen LogP contribution in [0.15, 0.2) is 40.7 Å². The lowest BCUT2D eigenvalue weighted by Crippen LogP contribution is -2.38. The molecule has 1 aromatic carbocycles. The summed E-state index contributed by atoms with van der Waals surface area (Å²) in [5.41, 5.74) is 1.50. The molecule has 2 heterocycles. The summed E-state index contributed by atoms with van der Waals surface area (Å²) in [6.07, 6.45) is 1.54. The number of fused-ring (bicyclic) bond motifs is 3. The molecule has 0 saturated heterocycles. The molecule has 0 saturated carbocycles. The average Bonchev–Trinajstić information content (AvgIpc) is 2.61. The number of azo groups is 1. The maximum absolute atomic E-state index is 11.4. The Labute approximate surface area is 78.7 Å². The van der Waals surface area contributed by atoms with Gasteiger partial charge in [-0.1, -0.05) is 12.1 Å². The predicted molar refractivity (Wildman–Crippen MR) is 47.2 cm³/mol.